The second-order valence-electron chi connectivity index (χ2n) is 4.10. The van der Waals surface area contributed by atoms with Crippen molar-refractivity contribution in [3.63, 3.8) is 0 Å². The molecule has 110 valence electrons. The van der Waals surface area contributed by atoms with Gasteiger partial charge in [0, 0.05) is 6.20 Å². The van der Waals surface area contributed by atoms with E-state index in [0.717, 1.165) is 11.8 Å². The van der Waals surface area contributed by atoms with Crippen molar-refractivity contribution in [1.29, 1.82) is 5.26 Å². The maximum atomic E-state index is 12.0. The van der Waals surface area contributed by atoms with Crippen LogP contribution in [0.5, 0.6) is 5.75 Å². The summed E-state index contributed by atoms with van der Waals surface area (Å²) in [7, 11) is 1.47. The third-order valence-electron chi connectivity index (χ3n) is 2.47. The van der Waals surface area contributed by atoms with Gasteiger partial charge in [0.25, 0.3) is 5.91 Å². The average molecular weight is 289 g/mol. The number of nitrogens with zero attached hydrogens (tertiary/aromatic N) is 1. The fraction of sp³-hybridized carbons (Fsp3) is 0.214. The molecular weight excluding hydrogens is 274 g/mol. The van der Waals surface area contributed by atoms with Gasteiger partial charge in [-0.2, -0.15) is 5.26 Å². The molecule has 0 saturated carbocycles. The zero-order chi connectivity index (χ0) is 15.8. The molecule has 0 spiro atoms. The number of benzene rings is 1. The van der Waals surface area contributed by atoms with Crippen molar-refractivity contribution in [3.8, 4) is 11.8 Å². The van der Waals surface area contributed by atoms with E-state index in [0.29, 0.717) is 11.4 Å². The molecule has 0 radical (unpaired) electrons. The summed E-state index contributed by atoms with van der Waals surface area (Å²) < 4.78 is 5.12. The Morgan fingerprint density at radius 2 is 2.19 bits per heavy atom. The summed E-state index contributed by atoms with van der Waals surface area (Å²) in [6, 6.07) is 6.93. The fourth-order valence-corrected chi connectivity index (χ4v) is 1.50. The zero-order valence-corrected chi connectivity index (χ0v) is 11.6. The van der Waals surface area contributed by atoms with Crippen molar-refractivity contribution in [3.05, 3.63) is 35.5 Å². The number of hydrogen-bond acceptors (Lipinski definition) is 5. The highest BCUT2D eigenvalue weighted by molar-refractivity contribution is 6.07. The van der Waals surface area contributed by atoms with Crippen molar-refractivity contribution in [2.75, 3.05) is 19.0 Å². The second-order valence-corrected chi connectivity index (χ2v) is 4.10. The minimum absolute atomic E-state index is 0.236. The number of nitriles is 1. The molecule has 0 aliphatic heterocycles. The first kappa shape index (κ1) is 16.0. The Kier molecular flexibility index (Phi) is 5.77. The molecular formula is C14H15N3O4. The van der Waals surface area contributed by atoms with Crippen LogP contribution in [0.2, 0.25) is 0 Å². The van der Waals surface area contributed by atoms with E-state index in [-0.39, 0.29) is 12.1 Å². The summed E-state index contributed by atoms with van der Waals surface area (Å²) in [5.74, 6) is -1.28. The molecule has 3 N–H and O–H groups in total. The predicted molar refractivity (Wildman–Crippen MR) is 75.7 cm³/mol. The molecule has 0 aliphatic rings. The number of nitrogens with one attached hydrogen (secondary N) is 2. The molecule has 1 aromatic carbocycles. The van der Waals surface area contributed by atoms with E-state index in [9.17, 15) is 9.59 Å². The second kappa shape index (κ2) is 7.55. The Morgan fingerprint density at radius 3 is 2.76 bits per heavy atom. The lowest BCUT2D eigenvalue weighted by Gasteiger charge is -2.10. The third kappa shape index (κ3) is 4.87. The molecule has 0 bridgehead atoms. The van der Waals surface area contributed by atoms with Gasteiger partial charge in [-0.1, -0.05) is 6.07 Å². The zero-order valence-electron chi connectivity index (χ0n) is 11.6. The Hall–Kier alpha value is -3.01. The van der Waals surface area contributed by atoms with Crippen LogP contribution in [0.15, 0.2) is 30.0 Å². The Morgan fingerprint density at radius 1 is 1.48 bits per heavy atom. The Labute approximate surface area is 121 Å². The molecule has 1 rings (SSSR count). The fourth-order valence-electron chi connectivity index (χ4n) is 1.50. The van der Waals surface area contributed by atoms with Gasteiger partial charge in [0.1, 0.15) is 23.9 Å². The maximum absolute atomic E-state index is 12.0. The molecule has 0 atom stereocenters. The Bertz CT molecular complexity index is 617. The van der Waals surface area contributed by atoms with E-state index in [2.05, 4.69) is 10.6 Å². The molecule has 0 aliphatic carbocycles. The number of ether oxygens (including phenoxy) is 1. The van der Waals surface area contributed by atoms with Crippen LogP contribution in [0.25, 0.3) is 0 Å². The summed E-state index contributed by atoms with van der Waals surface area (Å²) in [5, 5.41) is 22.3. The molecule has 0 fully saturated rings. The summed E-state index contributed by atoms with van der Waals surface area (Å²) in [6.07, 6.45) is 1.06. The van der Waals surface area contributed by atoms with Gasteiger partial charge in [-0.05, 0) is 24.6 Å². The SMILES string of the molecule is COc1ccc(C)cc1NC(=O)/C(C#N)=C\NCC(=O)O. The monoisotopic (exact) mass is 289 g/mol. The van der Waals surface area contributed by atoms with Gasteiger partial charge in [0.2, 0.25) is 0 Å². The number of carboxylic acid groups (broad SMARTS) is 1. The van der Waals surface area contributed by atoms with Crippen molar-refractivity contribution < 1.29 is 19.4 Å². The standard InChI is InChI=1S/C14H15N3O4/c1-9-3-4-12(21-2)11(5-9)17-14(20)10(6-15)7-16-8-13(18)19/h3-5,7,16H,8H2,1-2H3,(H,17,20)(H,18,19)/b10-7-. The predicted octanol–water partition coefficient (Wildman–Crippen LogP) is 1.02. The van der Waals surface area contributed by atoms with Crippen LogP contribution in [0, 0.1) is 18.3 Å². The van der Waals surface area contributed by atoms with Crippen LogP contribution in [0.3, 0.4) is 0 Å². The summed E-state index contributed by atoms with van der Waals surface area (Å²) in [4.78, 5) is 22.3. The minimum Gasteiger partial charge on any atom is -0.495 e. The molecule has 21 heavy (non-hydrogen) atoms. The van der Waals surface area contributed by atoms with Gasteiger partial charge in [-0.3, -0.25) is 9.59 Å². The number of carbonyl (C=O) groups is 2. The highest BCUT2D eigenvalue weighted by atomic mass is 16.5. The van der Waals surface area contributed by atoms with Gasteiger partial charge >= 0.3 is 5.97 Å². The first-order valence-electron chi connectivity index (χ1n) is 5.99. The molecule has 0 aromatic heterocycles. The topological polar surface area (TPSA) is 111 Å². The molecule has 7 nitrogen and oxygen atoms in total. The highest BCUT2D eigenvalue weighted by Crippen LogP contribution is 2.25. The maximum Gasteiger partial charge on any atom is 0.322 e. The molecule has 7 heteroatoms. The summed E-state index contributed by atoms with van der Waals surface area (Å²) >= 11 is 0. The number of aliphatic carboxylic acids is 1. The number of carboxylic acids is 1. The largest absolute Gasteiger partial charge is 0.495 e. The van der Waals surface area contributed by atoms with E-state index in [1.165, 1.54) is 7.11 Å². The molecule has 0 unspecified atom stereocenters. The number of amides is 1. The average Bonchev–Trinajstić information content (AvgIpc) is 2.43. The lowest BCUT2D eigenvalue weighted by Crippen LogP contribution is -2.21. The van der Waals surface area contributed by atoms with Gasteiger partial charge in [-0.25, -0.2) is 0 Å². The van der Waals surface area contributed by atoms with E-state index in [1.807, 2.05) is 13.0 Å². The quantitative estimate of drug-likeness (QED) is 0.532. The normalized spacial score (nSPS) is 10.4. The third-order valence-corrected chi connectivity index (χ3v) is 2.47. The van der Waals surface area contributed by atoms with Crippen LogP contribution in [0.4, 0.5) is 5.69 Å². The van der Waals surface area contributed by atoms with Crippen molar-refractivity contribution >= 4 is 17.6 Å². The van der Waals surface area contributed by atoms with Gasteiger partial charge < -0.3 is 20.5 Å². The lowest BCUT2D eigenvalue weighted by atomic mass is 10.2. The number of hydrogen-bond donors (Lipinski definition) is 3. The molecule has 0 saturated heterocycles. The van der Waals surface area contributed by atoms with E-state index in [1.54, 1.807) is 18.2 Å². The summed E-state index contributed by atoms with van der Waals surface area (Å²) in [6.45, 7) is 1.47. The first-order chi connectivity index (χ1) is 9.97. The van der Waals surface area contributed by atoms with Crippen molar-refractivity contribution in [1.82, 2.24) is 5.32 Å². The van der Waals surface area contributed by atoms with E-state index in [4.69, 9.17) is 15.1 Å². The molecule has 0 heterocycles. The number of methoxy groups -OCH3 is 1. The van der Waals surface area contributed by atoms with Crippen molar-refractivity contribution in [2.45, 2.75) is 6.92 Å². The number of aryl methyl sites for hydroxylation is 1. The van der Waals surface area contributed by atoms with Gasteiger partial charge in [-0.15, -0.1) is 0 Å². The van der Waals surface area contributed by atoms with Crippen LogP contribution in [-0.2, 0) is 9.59 Å². The Balaban J connectivity index is 2.86. The van der Waals surface area contributed by atoms with Crippen LogP contribution < -0.4 is 15.4 Å². The van der Waals surface area contributed by atoms with E-state index >= 15 is 0 Å². The smallest absolute Gasteiger partial charge is 0.322 e. The van der Waals surface area contributed by atoms with Crippen molar-refractivity contribution in [2.24, 2.45) is 0 Å². The summed E-state index contributed by atoms with van der Waals surface area (Å²) in [5.41, 5.74) is 1.11. The molecule has 1 aromatic rings. The van der Waals surface area contributed by atoms with Crippen LogP contribution in [0.1, 0.15) is 5.56 Å². The number of anilines is 1. The lowest BCUT2D eigenvalue weighted by molar-refractivity contribution is -0.135. The van der Waals surface area contributed by atoms with Gasteiger partial charge in [0.05, 0.1) is 12.8 Å². The van der Waals surface area contributed by atoms with Gasteiger partial charge in [0.15, 0.2) is 0 Å². The van der Waals surface area contributed by atoms with E-state index < -0.39 is 11.9 Å². The van der Waals surface area contributed by atoms with Crippen LogP contribution >= 0.6 is 0 Å². The number of rotatable bonds is 6. The highest BCUT2D eigenvalue weighted by Gasteiger charge is 2.12. The minimum atomic E-state index is -1.09. The number of carbonyl (C=O) groups excluding carboxylic acids is 1. The first-order valence-corrected chi connectivity index (χ1v) is 5.99. The molecule has 1 amide bonds. The van der Waals surface area contributed by atoms with Crippen LogP contribution in [-0.4, -0.2) is 30.6 Å².